The van der Waals surface area contributed by atoms with Crippen molar-refractivity contribution >= 4 is 17.5 Å². The van der Waals surface area contributed by atoms with Gasteiger partial charge in [0.2, 0.25) is 0 Å². The molecule has 0 fully saturated rings. The first-order valence-corrected chi connectivity index (χ1v) is 6.21. The number of hydrogen-bond donors (Lipinski definition) is 2. The number of imidazole rings is 1. The van der Waals surface area contributed by atoms with Crippen LogP contribution in [0.3, 0.4) is 0 Å². The smallest absolute Gasteiger partial charge is 0.165 e. The number of phenolic OH excluding ortho intramolecular Hbond substituents is 1. The van der Waals surface area contributed by atoms with Gasteiger partial charge < -0.3 is 10.1 Å². The zero-order chi connectivity index (χ0) is 13.1. The number of benzene rings is 1. The fourth-order valence-electron chi connectivity index (χ4n) is 1.51. The Hall–Kier alpha value is -1.82. The first kappa shape index (κ1) is 12.6. The molecule has 1 aromatic carbocycles. The number of aromatic hydroxyl groups is 1. The van der Waals surface area contributed by atoms with Gasteiger partial charge in [-0.3, -0.25) is 4.79 Å². The summed E-state index contributed by atoms with van der Waals surface area (Å²) in [6.45, 7) is 1.29. The van der Waals surface area contributed by atoms with Crippen molar-refractivity contribution in [3.8, 4) is 5.75 Å². The maximum atomic E-state index is 13.3. The molecule has 1 aromatic heterocycles. The van der Waals surface area contributed by atoms with E-state index in [1.165, 1.54) is 24.8 Å². The van der Waals surface area contributed by atoms with Gasteiger partial charge in [-0.15, -0.1) is 0 Å². The van der Waals surface area contributed by atoms with E-state index < -0.39 is 5.82 Å². The largest absolute Gasteiger partial charge is 0.507 e. The normalized spacial score (nSPS) is 10.6. The summed E-state index contributed by atoms with van der Waals surface area (Å²) >= 11 is 1.32. The highest BCUT2D eigenvalue weighted by atomic mass is 32.2. The number of carbonyl (C=O) groups excluding carboxylic acids is 1. The van der Waals surface area contributed by atoms with Gasteiger partial charge >= 0.3 is 0 Å². The second-order valence-corrected chi connectivity index (χ2v) is 4.66. The van der Waals surface area contributed by atoms with E-state index in [1.807, 2.05) is 0 Å². The minimum absolute atomic E-state index is 0.00467. The second kappa shape index (κ2) is 5.22. The Morgan fingerprint density at radius 1 is 1.56 bits per heavy atom. The van der Waals surface area contributed by atoms with Crippen LogP contribution in [0.5, 0.6) is 5.75 Å². The summed E-state index contributed by atoms with van der Waals surface area (Å²) in [5, 5.41) is 10.6. The number of phenols is 1. The molecule has 0 spiro atoms. The molecule has 0 aliphatic rings. The highest BCUT2D eigenvalue weighted by Gasteiger charge is 2.14. The molecule has 0 bridgehead atoms. The van der Waals surface area contributed by atoms with Crippen LogP contribution >= 0.6 is 11.8 Å². The summed E-state index contributed by atoms with van der Waals surface area (Å²) in [4.78, 5) is 18.1. The van der Waals surface area contributed by atoms with E-state index >= 15 is 0 Å². The number of rotatable bonds is 4. The van der Waals surface area contributed by atoms with Gasteiger partial charge in [0.05, 0.1) is 5.56 Å². The molecular formula is C12H11FN2O2S. The lowest BCUT2D eigenvalue weighted by Crippen LogP contribution is -1.97. The van der Waals surface area contributed by atoms with Crippen molar-refractivity contribution < 1.29 is 14.3 Å². The first-order chi connectivity index (χ1) is 8.58. The van der Waals surface area contributed by atoms with Crippen molar-refractivity contribution in [2.45, 2.75) is 17.8 Å². The van der Waals surface area contributed by atoms with E-state index in [2.05, 4.69) is 9.97 Å². The first-order valence-electron chi connectivity index (χ1n) is 5.22. The number of hydrogen-bond acceptors (Lipinski definition) is 4. The Labute approximate surface area is 107 Å². The van der Waals surface area contributed by atoms with Gasteiger partial charge in [0, 0.05) is 23.7 Å². The zero-order valence-electron chi connectivity index (χ0n) is 9.61. The third kappa shape index (κ3) is 2.70. The molecular weight excluding hydrogens is 255 g/mol. The monoisotopic (exact) mass is 266 g/mol. The molecule has 2 rings (SSSR count). The number of H-pyrrole nitrogens is 1. The van der Waals surface area contributed by atoms with Gasteiger partial charge in [0.1, 0.15) is 11.6 Å². The van der Waals surface area contributed by atoms with Crippen LogP contribution in [0, 0.1) is 5.82 Å². The van der Waals surface area contributed by atoms with Crippen LogP contribution in [-0.4, -0.2) is 20.9 Å². The lowest BCUT2D eigenvalue weighted by atomic mass is 10.1. The molecule has 4 nitrogen and oxygen atoms in total. The summed E-state index contributed by atoms with van der Waals surface area (Å²) in [5.41, 5.74) is 0.381. The predicted molar refractivity (Wildman–Crippen MR) is 66.2 cm³/mol. The van der Waals surface area contributed by atoms with E-state index in [0.29, 0.717) is 16.5 Å². The molecule has 2 aromatic rings. The number of aromatic nitrogens is 2. The lowest BCUT2D eigenvalue weighted by Gasteiger charge is -2.07. The maximum Gasteiger partial charge on any atom is 0.165 e. The van der Waals surface area contributed by atoms with E-state index in [1.54, 1.807) is 12.4 Å². The van der Waals surface area contributed by atoms with Gasteiger partial charge in [-0.2, -0.15) is 0 Å². The predicted octanol–water partition coefficient (Wildman–Crippen LogP) is 2.75. The molecule has 2 N–H and O–H groups in total. The molecule has 0 aliphatic heterocycles. The van der Waals surface area contributed by atoms with Crippen LogP contribution in [0.2, 0.25) is 0 Å². The van der Waals surface area contributed by atoms with Crippen LogP contribution in [0.1, 0.15) is 22.8 Å². The average Bonchev–Trinajstić information content (AvgIpc) is 2.82. The Balaban J connectivity index is 2.24. The third-order valence-electron chi connectivity index (χ3n) is 2.37. The van der Waals surface area contributed by atoms with Gasteiger partial charge in [0.15, 0.2) is 10.9 Å². The third-order valence-corrected chi connectivity index (χ3v) is 3.32. The highest BCUT2D eigenvalue weighted by Crippen LogP contribution is 2.29. The van der Waals surface area contributed by atoms with Gasteiger partial charge in [-0.25, -0.2) is 9.37 Å². The number of carbonyl (C=O) groups is 1. The second-order valence-electron chi connectivity index (χ2n) is 3.70. The number of aromatic amines is 1. The summed E-state index contributed by atoms with van der Waals surface area (Å²) in [6.07, 6.45) is 3.28. The number of ketones is 1. The van der Waals surface area contributed by atoms with E-state index in [-0.39, 0.29) is 17.1 Å². The lowest BCUT2D eigenvalue weighted by molar-refractivity contribution is 0.101. The minimum atomic E-state index is -0.534. The van der Waals surface area contributed by atoms with E-state index in [0.717, 1.165) is 6.07 Å². The molecule has 0 amide bonds. The quantitative estimate of drug-likeness (QED) is 0.659. The molecule has 18 heavy (non-hydrogen) atoms. The van der Waals surface area contributed by atoms with Crippen molar-refractivity contribution in [3.05, 3.63) is 41.5 Å². The average molecular weight is 266 g/mol. The van der Waals surface area contributed by atoms with Gasteiger partial charge in [0.25, 0.3) is 0 Å². The fraction of sp³-hybridized carbons (Fsp3) is 0.167. The van der Waals surface area contributed by atoms with E-state index in [9.17, 15) is 14.3 Å². The zero-order valence-corrected chi connectivity index (χ0v) is 10.4. The summed E-state index contributed by atoms with van der Waals surface area (Å²) in [5.74, 6) is -0.732. The van der Waals surface area contributed by atoms with Gasteiger partial charge in [-0.05, 0) is 19.1 Å². The summed E-state index contributed by atoms with van der Waals surface area (Å²) in [6, 6.07) is 2.26. The fourth-order valence-corrected chi connectivity index (χ4v) is 2.31. The Kier molecular flexibility index (Phi) is 3.66. The molecule has 0 unspecified atom stereocenters. The number of nitrogens with zero attached hydrogens (tertiary/aromatic N) is 1. The van der Waals surface area contributed by atoms with Crippen LogP contribution in [0.25, 0.3) is 0 Å². The Morgan fingerprint density at radius 2 is 2.33 bits per heavy atom. The van der Waals surface area contributed by atoms with Crippen molar-refractivity contribution in [3.63, 3.8) is 0 Å². The summed E-state index contributed by atoms with van der Waals surface area (Å²) < 4.78 is 13.3. The van der Waals surface area contributed by atoms with Crippen molar-refractivity contribution in [1.82, 2.24) is 9.97 Å². The number of halogens is 1. The highest BCUT2D eigenvalue weighted by molar-refractivity contribution is 7.98. The Morgan fingerprint density at radius 3 is 2.94 bits per heavy atom. The topological polar surface area (TPSA) is 66.0 Å². The van der Waals surface area contributed by atoms with Gasteiger partial charge in [-0.1, -0.05) is 11.8 Å². The number of Topliss-reactive ketones (excluding diaryl/α,β-unsaturated/α-hetero) is 1. The molecule has 0 saturated carbocycles. The maximum absolute atomic E-state index is 13.3. The molecule has 0 atom stereocenters. The van der Waals surface area contributed by atoms with Crippen LogP contribution in [0.4, 0.5) is 4.39 Å². The standard InChI is InChI=1S/C12H11FN2O2S/c1-7(16)10-5-9(13)4-8(11(10)17)6-18-12-14-2-3-15-12/h2-5,17H,6H2,1H3,(H,14,15). The van der Waals surface area contributed by atoms with E-state index in [4.69, 9.17) is 0 Å². The molecule has 94 valence electrons. The minimum Gasteiger partial charge on any atom is -0.507 e. The molecule has 0 radical (unpaired) electrons. The SMILES string of the molecule is CC(=O)c1cc(F)cc(CSc2ncc[nH]2)c1O. The number of nitrogens with one attached hydrogen (secondary N) is 1. The number of thioether (sulfide) groups is 1. The molecule has 0 aliphatic carbocycles. The van der Waals surface area contributed by atoms with Crippen LogP contribution in [-0.2, 0) is 5.75 Å². The van der Waals surface area contributed by atoms with Crippen molar-refractivity contribution in [1.29, 1.82) is 0 Å². The van der Waals surface area contributed by atoms with Crippen LogP contribution in [0.15, 0.2) is 29.7 Å². The van der Waals surface area contributed by atoms with Crippen molar-refractivity contribution in [2.75, 3.05) is 0 Å². The molecule has 0 saturated heterocycles. The molecule has 1 heterocycles. The molecule has 6 heteroatoms. The summed E-state index contributed by atoms with van der Waals surface area (Å²) in [7, 11) is 0. The van der Waals surface area contributed by atoms with Crippen LogP contribution < -0.4 is 0 Å². The Bertz CT molecular complexity index is 570. The van der Waals surface area contributed by atoms with Crippen molar-refractivity contribution in [2.24, 2.45) is 0 Å².